The maximum atomic E-state index is 11.8. The van der Waals surface area contributed by atoms with E-state index in [1.54, 1.807) is 0 Å². The van der Waals surface area contributed by atoms with E-state index >= 15 is 0 Å². The fourth-order valence-electron chi connectivity index (χ4n) is 2.88. The molecule has 0 fully saturated rings. The molecular formula is C18H25N7O2. The average molecular weight is 371 g/mol. The van der Waals surface area contributed by atoms with Crippen molar-refractivity contribution in [3.05, 3.63) is 35.5 Å². The van der Waals surface area contributed by atoms with Crippen molar-refractivity contribution in [1.29, 1.82) is 0 Å². The van der Waals surface area contributed by atoms with Crippen LogP contribution in [0, 0.1) is 0 Å². The van der Waals surface area contributed by atoms with E-state index in [-0.39, 0.29) is 11.6 Å². The Kier molecular flexibility index (Phi) is 6.05. The highest BCUT2D eigenvalue weighted by atomic mass is 16.5. The van der Waals surface area contributed by atoms with Crippen LogP contribution >= 0.6 is 0 Å². The monoisotopic (exact) mass is 371 g/mol. The number of fused-ring (bicyclic) bond motifs is 1. The van der Waals surface area contributed by atoms with E-state index in [1.165, 1.54) is 6.20 Å². The molecule has 0 bridgehead atoms. The molecule has 144 valence electrons. The maximum absolute atomic E-state index is 11.8. The van der Waals surface area contributed by atoms with Crippen LogP contribution in [0.3, 0.4) is 0 Å². The largest absolute Gasteiger partial charge is 0.384 e. The second kappa shape index (κ2) is 8.65. The molecule has 0 aliphatic carbocycles. The summed E-state index contributed by atoms with van der Waals surface area (Å²) >= 11 is 0. The molecule has 9 heteroatoms. The number of nitrogens with one attached hydrogen (secondary N) is 3. The summed E-state index contributed by atoms with van der Waals surface area (Å²) in [5, 5.41) is 9.62. The van der Waals surface area contributed by atoms with Crippen molar-refractivity contribution in [1.82, 2.24) is 9.97 Å². The molecule has 1 aliphatic rings. The third-order valence-electron chi connectivity index (χ3n) is 4.23. The molecule has 1 atom stereocenters. The molecular weight excluding hydrogens is 346 g/mol. The Morgan fingerprint density at radius 3 is 3.07 bits per heavy atom. The lowest BCUT2D eigenvalue weighted by atomic mass is 10.1. The molecule has 1 amide bonds. The fourth-order valence-corrected chi connectivity index (χ4v) is 2.88. The van der Waals surface area contributed by atoms with E-state index in [0.29, 0.717) is 31.5 Å². The quantitative estimate of drug-likeness (QED) is 0.441. The Bertz CT molecular complexity index is 812. The Morgan fingerprint density at radius 2 is 2.30 bits per heavy atom. The lowest BCUT2D eigenvalue weighted by Crippen LogP contribution is -2.34. The summed E-state index contributed by atoms with van der Waals surface area (Å²) in [7, 11) is 0. The molecule has 2 heterocycles. The van der Waals surface area contributed by atoms with E-state index in [0.717, 1.165) is 29.9 Å². The predicted molar refractivity (Wildman–Crippen MR) is 105 cm³/mol. The Labute approximate surface area is 157 Å². The number of hydrogen-bond acceptors (Lipinski definition) is 8. The molecule has 3 rings (SSSR count). The van der Waals surface area contributed by atoms with Crippen LogP contribution in [0.2, 0.25) is 0 Å². The van der Waals surface area contributed by atoms with Gasteiger partial charge in [-0.2, -0.15) is 4.98 Å². The number of ether oxygens (including phenoxy) is 1. The average Bonchev–Trinajstić information content (AvgIpc) is 3.14. The Balaban J connectivity index is 1.79. The lowest BCUT2D eigenvalue weighted by Gasteiger charge is -2.15. The van der Waals surface area contributed by atoms with Gasteiger partial charge in [0.1, 0.15) is 11.4 Å². The van der Waals surface area contributed by atoms with Gasteiger partial charge in [0.05, 0.1) is 6.61 Å². The van der Waals surface area contributed by atoms with Crippen LogP contribution < -0.4 is 27.4 Å². The van der Waals surface area contributed by atoms with E-state index in [2.05, 4.69) is 25.9 Å². The molecule has 0 saturated carbocycles. The minimum absolute atomic E-state index is 0.191. The zero-order valence-corrected chi connectivity index (χ0v) is 15.3. The lowest BCUT2D eigenvalue weighted by molar-refractivity contribution is 0.100. The molecule has 0 spiro atoms. The van der Waals surface area contributed by atoms with Gasteiger partial charge in [-0.3, -0.25) is 4.79 Å². The summed E-state index contributed by atoms with van der Waals surface area (Å²) in [4.78, 5) is 20.3. The summed E-state index contributed by atoms with van der Waals surface area (Å²) in [6, 6.07) is 5.72. The van der Waals surface area contributed by atoms with Gasteiger partial charge in [-0.25, -0.2) is 4.98 Å². The van der Waals surface area contributed by atoms with E-state index < -0.39 is 5.91 Å². The van der Waals surface area contributed by atoms with Crippen LogP contribution in [0.5, 0.6) is 0 Å². The van der Waals surface area contributed by atoms with Gasteiger partial charge >= 0.3 is 0 Å². The molecule has 27 heavy (non-hydrogen) atoms. The third kappa shape index (κ3) is 4.63. The Morgan fingerprint density at radius 1 is 1.44 bits per heavy atom. The minimum atomic E-state index is -0.595. The van der Waals surface area contributed by atoms with Gasteiger partial charge in [0, 0.05) is 48.9 Å². The van der Waals surface area contributed by atoms with Crippen molar-refractivity contribution in [2.24, 2.45) is 11.5 Å². The van der Waals surface area contributed by atoms with Crippen molar-refractivity contribution >= 4 is 29.0 Å². The second-order valence-corrected chi connectivity index (χ2v) is 6.25. The number of carbonyl (C=O) groups excluding carboxylic acids is 1. The number of rotatable bonds is 9. The minimum Gasteiger partial charge on any atom is -0.384 e. The molecule has 0 saturated heterocycles. The van der Waals surface area contributed by atoms with Gasteiger partial charge in [-0.05, 0) is 25.5 Å². The van der Waals surface area contributed by atoms with Gasteiger partial charge in [0.15, 0.2) is 0 Å². The van der Waals surface area contributed by atoms with E-state index in [9.17, 15) is 4.79 Å². The van der Waals surface area contributed by atoms with E-state index in [4.69, 9.17) is 16.2 Å². The topological polar surface area (TPSA) is 140 Å². The van der Waals surface area contributed by atoms with Crippen LogP contribution in [0.25, 0.3) is 0 Å². The summed E-state index contributed by atoms with van der Waals surface area (Å²) in [6.45, 7) is 4.30. The first-order valence-electron chi connectivity index (χ1n) is 8.95. The van der Waals surface area contributed by atoms with Crippen LogP contribution in [0.4, 0.5) is 23.1 Å². The van der Waals surface area contributed by atoms with Gasteiger partial charge in [0.25, 0.3) is 5.91 Å². The van der Waals surface area contributed by atoms with Crippen molar-refractivity contribution in [2.75, 3.05) is 42.3 Å². The highest BCUT2D eigenvalue weighted by Crippen LogP contribution is 2.31. The first-order chi connectivity index (χ1) is 13.1. The number of anilines is 4. The highest BCUT2D eigenvalue weighted by molar-refractivity contribution is 5.98. The van der Waals surface area contributed by atoms with Gasteiger partial charge in [-0.15, -0.1) is 0 Å². The zero-order valence-electron chi connectivity index (χ0n) is 15.3. The fraction of sp³-hybridized carbons (Fsp3) is 0.389. The third-order valence-corrected chi connectivity index (χ3v) is 4.23. The number of hydrogen-bond donors (Lipinski definition) is 5. The van der Waals surface area contributed by atoms with Gasteiger partial charge in [0.2, 0.25) is 5.95 Å². The standard InChI is InChI=1S/C18H25N7O2/c1-2-27-10-11(19)8-22-18-23-9-13(16(20)26)17(25-18)24-15-5-3-4-14-12(15)6-7-21-14/h3-5,9,11,21H,2,6-8,10,19H2,1H3,(H2,20,26)(H2,22,23,24,25)/t11-/m1/s1. The molecule has 0 radical (unpaired) electrons. The first kappa shape index (κ1) is 18.9. The predicted octanol–water partition coefficient (Wildman–Crippen LogP) is 1.06. The number of amides is 1. The molecule has 7 N–H and O–H groups in total. The van der Waals surface area contributed by atoms with Crippen LogP contribution in [-0.4, -0.2) is 48.2 Å². The SMILES string of the molecule is CCOC[C@H](N)CNc1ncc(C(N)=O)c(Nc2cccc3c2CCN3)n1. The molecule has 1 aliphatic heterocycles. The van der Waals surface area contributed by atoms with Crippen molar-refractivity contribution in [2.45, 2.75) is 19.4 Å². The second-order valence-electron chi connectivity index (χ2n) is 6.25. The number of carbonyl (C=O) groups is 1. The summed E-state index contributed by atoms with van der Waals surface area (Å²) < 4.78 is 5.29. The molecule has 0 unspecified atom stereocenters. The summed E-state index contributed by atoms with van der Waals surface area (Å²) in [6.07, 6.45) is 2.31. The van der Waals surface area contributed by atoms with Crippen LogP contribution in [0.15, 0.2) is 24.4 Å². The van der Waals surface area contributed by atoms with Crippen LogP contribution in [0.1, 0.15) is 22.8 Å². The normalized spacial score (nSPS) is 13.6. The van der Waals surface area contributed by atoms with Crippen LogP contribution in [-0.2, 0) is 11.2 Å². The first-order valence-corrected chi connectivity index (χ1v) is 8.95. The maximum Gasteiger partial charge on any atom is 0.254 e. The van der Waals surface area contributed by atoms with Gasteiger partial charge in [-0.1, -0.05) is 6.07 Å². The van der Waals surface area contributed by atoms with Gasteiger partial charge < -0.3 is 32.2 Å². The highest BCUT2D eigenvalue weighted by Gasteiger charge is 2.17. The zero-order chi connectivity index (χ0) is 19.2. The summed E-state index contributed by atoms with van der Waals surface area (Å²) in [5.41, 5.74) is 14.8. The van der Waals surface area contributed by atoms with Crippen molar-refractivity contribution in [3.8, 4) is 0 Å². The number of primary amides is 1. The smallest absolute Gasteiger partial charge is 0.254 e. The number of nitrogens with two attached hydrogens (primary N) is 2. The molecule has 2 aromatic rings. The van der Waals surface area contributed by atoms with Crippen molar-refractivity contribution in [3.63, 3.8) is 0 Å². The molecule has 1 aromatic heterocycles. The number of aromatic nitrogens is 2. The number of nitrogens with zero attached hydrogens (tertiary/aromatic N) is 2. The number of benzene rings is 1. The molecule has 9 nitrogen and oxygen atoms in total. The summed E-state index contributed by atoms with van der Waals surface area (Å²) in [5.74, 6) is 0.127. The molecule has 1 aromatic carbocycles. The van der Waals surface area contributed by atoms with Crippen molar-refractivity contribution < 1.29 is 9.53 Å². The van der Waals surface area contributed by atoms with E-state index in [1.807, 2.05) is 25.1 Å². The Hall–Kier alpha value is -2.91.